The van der Waals surface area contributed by atoms with Crippen molar-refractivity contribution >= 4 is 16.9 Å². The van der Waals surface area contributed by atoms with Crippen molar-refractivity contribution in [3.63, 3.8) is 0 Å². The van der Waals surface area contributed by atoms with Gasteiger partial charge in [0.2, 0.25) is 0 Å². The van der Waals surface area contributed by atoms with E-state index in [9.17, 15) is 4.79 Å². The maximum Gasteiger partial charge on any atom is 0.298 e. The molecule has 0 N–H and O–H groups in total. The summed E-state index contributed by atoms with van der Waals surface area (Å²) in [6.45, 7) is 6.35. The molecule has 41 heavy (non-hydrogen) atoms. The standard InChI is InChI=1S/C32H33N7O2/c1-36-14-16-37(17-15-36)13-5-8-29(40)38-21-32(22-38)18-25(19-32)39-31-28(20-33-23-34-31)30(35-39)24-9-11-27(12-10-24)41-26-6-3-2-4-7-26/h2-4,6-7,9-12,20,23,25H,13-19,21-22H2,1H3. The van der Waals surface area contributed by atoms with E-state index in [-0.39, 0.29) is 17.4 Å². The molecule has 9 nitrogen and oxygen atoms in total. The Balaban J connectivity index is 0.986. The second-order valence-electron chi connectivity index (χ2n) is 11.6. The van der Waals surface area contributed by atoms with Crippen molar-refractivity contribution in [1.29, 1.82) is 0 Å². The summed E-state index contributed by atoms with van der Waals surface area (Å²) in [5.41, 5.74) is 2.88. The van der Waals surface area contributed by atoms with E-state index in [4.69, 9.17) is 9.84 Å². The predicted octanol–water partition coefficient (Wildman–Crippen LogP) is 3.70. The van der Waals surface area contributed by atoms with Gasteiger partial charge in [-0.2, -0.15) is 5.10 Å². The van der Waals surface area contributed by atoms with E-state index < -0.39 is 0 Å². The largest absolute Gasteiger partial charge is 0.457 e. The Hall–Kier alpha value is -4.26. The zero-order chi connectivity index (χ0) is 27.8. The number of piperazine rings is 1. The van der Waals surface area contributed by atoms with Gasteiger partial charge in [0.25, 0.3) is 5.91 Å². The maximum atomic E-state index is 12.6. The van der Waals surface area contributed by atoms with Crippen molar-refractivity contribution in [2.24, 2.45) is 5.41 Å². The van der Waals surface area contributed by atoms with Crippen LogP contribution in [-0.2, 0) is 4.79 Å². The molecule has 0 unspecified atom stereocenters. The lowest BCUT2D eigenvalue weighted by atomic mass is 9.60. The number of benzene rings is 2. The van der Waals surface area contributed by atoms with Crippen molar-refractivity contribution < 1.29 is 9.53 Å². The number of rotatable bonds is 5. The summed E-state index contributed by atoms with van der Waals surface area (Å²) in [6.07, 6.45) is 5.39. The zero-order valence-corrected chi connectivity index (χ0v) is 23.2. The summed E-state index contributed by atoms with van der Waals surface area (Å²) >= 11 is 0. The van der Waals surface area contributed by atoms with E-state index in [0.29, 0.717) is 6.54 Å². The first kappa shape index (κ1) is 25.7. The van der Waals surface area contributed by atoms with Gasteiger partial charge in [-0.1, -0.05) is 24.1 Å². The lowest BCUT2D eigenvalue weighted by Crippen LogP contribution is -2.63. The van der Waals surface area contributed by atoms with Gasteiger partial charge in [-0.3, -0.25) is 9.69 Å². The molecule has 0 bridgehead atoms. The summed E-state index contributed by atoms with van der Waals surface area (Å²) in [4.78, 5) is 28.0. The predicted molar refractivity (Wildman–Crippen MR) is 156 cm³/mol. The highest BCUT2D eigenvalue weighted by Crippen LogP contribution is 2.54. The van der Waals surface area contributed by atoms with Crippen LogP contribution in [0.15, 0.2) is 67.1 Å². The number of hydrogen-bond acceptors (Lipinski definition) is 7. The van der Waals surface area contributed by atoms with Gasteiger partial charge in [-0.05, 0) is 62.2 Å². The topological polar surface area (TPSA) is 79.6 Å². The van der Waals surface area contributed by atoms with Gasteiger partial charge < -0.3 is 14.5 Å². The molecule has 4 aromatic rings. The van der Waals surface area contributed by atoms with Gasteiger partial charge in [-0.25, -0.2) is 14.6 Å². The van der Waals surface area contributed by atoms with E-state index in [1.165, 1.54) is 0 Å². The average molecular weight is 548 g/mol. The molecule has 1 aliphatic carbocycles. The van der Waals surface area contributed by atoms with E-state index in [1.807, 2.05) is 65.7 Å². The van der Waals surface area contributed by atoms with Crippen LogP contribution in [-0.4, -0.2) is 93.2 Å². The van der Waals surface area contributed by atoms with Crippen molar-refractivity contribution in [3.8, 4) is 34.6 Å². The molecule has 4 heterocycles. The molecular formula is C32H33N7O2. The van der Waals surface area contributed by atoms with Crippen molar-refractivity contribution in [2.45, 2.75) is 18.9 Å². The Morgan fingerprint density at radius 2 is 1.73 bits per heavy atom. The van der Waals surface area contributed by atoms with Crippen LogP contribution in [0.3, 0.4) is 0 Å². The van der Waals surface area contributed by atoms with Gasteiger partial charge in [0.05, 0.1) is 18.0 Å². The van der Waals surface area contributed by atoms with Crippen LogP contribution in [0.4, 0.5) is 0 Å². The molecular weight excluding hydrogens is 514 g/mol. The van der Waals surface area contributed by atoms with Crippen molar-refractivity contribution in [1.82, 2.24) is 34.4 Å². The number of hydrogen-bond donors (Lipinski definition) is 0. The summed E-state index contributed by atoms with van der Waals surface area (Å²) in [6, 6.07) is 18.0. The number of amides is 1. The number of carbonyl (C=O) groups excluding carboxylic acids is 1. The van der Waals surface area contributed by atoms with Gasteiger partial charge in [-0.15, -0.1) is 0 Å². The average Bonchev–Trinajstić information content (AvgIpc) is 3.33. The lowest BCUT2D eigenvalue weighted by Gasteiger charge is -2.58. The van der Waals surface area contributed by atoms with Crippen LogP contribution in [0.25, 0.3) is 22.3 Å². The smallest absolute Gasteiger partial charge is 0.298 e. The molecule has 2 aliphatic heterocycles. The minimum absolute atomic E-state index is 0.0486. The van der Waals surface area contributed by atoms with Crippen LogP contribution in [0.1, 0.15) is 18.9 Å². The monoisotopic (exact) mass is 547 g/mol. The van der Waals surface area contributed by atoms with Crippen LogP contribution in [0.2, 0.25) is 0 Å². The minimum atomic E-state index is -0.0486. The molecule has 2 aromatic carbocycles. The molecule has 1 spiro atoms. The third kappa shape index (κ3) is 5.17. The van der Waals surface area contributed by atoms with Crippen LogP contribution in [0.5, 0.6) is 11.5 Å². The summed E-state index contributed by atoms with van der Waals surface area (Å²) in [5.74, 6) is 7.50. The maximum absolute atomic E-state index is 12.6. The fraction of sp³-hybridized carbons (Fsp3) is 0.375. The van der Waals surface area contributed by atoms with Crippen molar-refractivity contribution in [2.75, 3.05) is 52.9 Å². The number of nitrogens with zero attached hydrogens (tertiary/aromatic N) is 7. The van der Waals surface area contributed by atoms with Gasteiger partial charge in [0.15, 0.2) is 5.65 Å². The molecule has 2 saturated heterocycles. The van der Waals surface area contributed by atoms with E-state index in [1.54, 1.807) is 6.33 Å². The number of likely N-dealkylation sites (N-methyl/N-ethyl adjacent to an activating group) is 1. The van der Waals surface area contributed by atoms with Crippen LogP contribution < -0.4 is 4.74 Å². The first-order chi connectivity index (χ1) is 20.1. The summed E-state index contributed by atoms with van der Waals surface area (Å²) in [7, 11) is 2.14. The number of ether oxygens (including phenoxy) is 1. The molecule has 9 heteroatoms. The van der Waals surface area contributed by atoms with Gasteiger partial charge >= 0.3 is 0 Å². The molecule has 208 valence electrons. The highest BCUT2D eigenvalue weighted by molar-refractivity contribution is 5.94. The molecule has 0 radical (unpaired) electrons. The highest BCUT2D eigenvalue weighted by Gasteiger charge is 2.54. The Labute approximate surface area is 239 Å². The Morgan fingerprint density at radius 3 is 2.49 bits per heavy atom. The van der Waals surface area contributed by atoms with Crippen molar-refractivity contribution in [3.05, 3.63) is 67.1 Å². The number of fused-ring (bicyclic) bond motifs is 1. The molecule has 3 aliphatic rings. The second-order valence-corrected chi connectivity index (χ2v) is 11.6. The fourth-order valence-corrected chi connectivity index (χ4v) is 6.25. The second kappa shape index (κ2) is 10.6. The zero-order valence-electron chi connectivity index (χ0n) is 23.2. The third-order valence-electron chi connectivity index (χ3n) is 8.59. The number of aromatic nitrogens is 4. The molecule has 2 aromatic heterocycles. The lowest BCUT2D eigenvalue weighted by molar-refractivity contribution is -0.147. The summed E-state index contributed by atoms with van der Waals surface area (Å²) < 4.78 is 8.02. The molecule has 7 rings (SSSR count). The molecule has 1 amide bonds. The van der Waals surface area contributed by atoms with Crippen LogP contribution >= 0.6 is 0 Å². The third-order valence-corrected chi connectivity index (χ3v) is 8.59. The number of para-hydroxylation sites is 1. The number of likely N-dealkylation sites (tertiary alicyclic amines) is 1. The minimum Gasteiger partial charge on any atom is -0.457 e. The molecule has 1 saturated carbocycles. The fourth-order valence-electron chi connectivity index (χ4n) is 6.25. The van der Waals surface area contributed by atoms with E-state index in [0.717, 1.165) is 85.9 Å². The Bertz CT molecular complexity index is 1600. The quantitative estimate of drug-likeness (QED) is 0.353. The number of carbonyl (C=O) groups is 1. The Morgan fingerprint density at radius 1 is 1.00 bits per heavy atom. The van der Waals surface area contributed by atoms with E-state index >= 15 is 0 Å². The van der Waals surface area contributed by atoms with Gasteiger partial charge in [0, 0.05) is 56.4 Å². The molecule has 3 fully saturated rings. The van der Waals surface area contributed by atoms with E-state index in [2.05, 4.69) is 43.3 Å². The first-order valence-corrected chi connectivity index (χ1v) is 14.3. The first-order valence-electron chi connectivity index (χ1n) is 14.3. The SMILES string of the molecule is CN1CCN(CC#CC(=O)N2CC3(CC(n4nc(-c5ccc(Oc6ccccc6)cc5)c5cncnc54)C3)C2)CC1. The van der Waals surface area contributed by atoms with Crippen LogP contribution in [0, 0.1) is 17.3 Å². The summed E-state index contributed by atoms with van der Waals surface area (Å²) in [5, 5.41) is 5.96. The highest BCUT2D eigenvalue weighted by atomic mass is 16.5. The normalized spacial score (nSPS) is 18.9. The van der Waals surface area contributed by atoms with Gasteiger partial charge in [0.1, 0.15) is 23.5 Å². The Kier molecular flexibility index (Phi) is 6.65. The molecule has 0 atom stereocenters.